The van der Waals surface area contributed by atoms with Gasteiger partial charge in [-0.3, -0.25) is 0 Å². The molecule has 2 nitrogen and oxygen atoms in total. The minimum absolute atomic E-state index is 0.655. The molecule has 1 N–H and O–H groups in total. The zero-order valence-electron chi connectivity index (χ0n) is 2.77. The molecule has 0 heterocycles. The van der Waals surface area contributed by atoms with Gasteiger partial charge in [0.1, 0.15) is 3.72 Å². The van der Waals surface area contributed by atoms with Crippen molar-refractivity contribution in [3.8, 4) is 0 Å². The van der Waals surface area contributed by atoms with Crippen LogP contribution in [0, 0.1) is 0 Å². The van der Waals surface area contributed by atoms with E-state index < -0.39 is 0 Å². The predicted octanol–water partition coefficient (Wildman–Crippen LogP) is 1.23. The SMILES string of the molecule is CC(I)=NO. The van der Waals surface area contributed by atoms with Gasteiger partial charge in [0.15, 0.2) is 0 Å². The number of oxime groups is 1. The Morgan fingerprint density at radius 3 is 2.20 bits per heavy atom. The lowest BCUT2D eigenvalue weighted by atomic mass is 10.9. The van der Waals surface area contributed by atoms with E-state index in [2.05, 4.69) is 5.16 Å². The molecule has 0 aliphatic carbocycles. The summed E-state index contributed by atoms with van der Waals surface area (Å²) < 4.78 is 0.655. The molecule has 0 amide bonds. The second-order valence-electron chi connectivity index (χ2n) is 0.597. The van der Waals surface area contributed by atoms with E-state index >= 15 is 0 Å². The summed E-state index contributed by atoms with van der Waals surface area (Å²) in [7, 11) is 0. The molecule has 30 valence electrons. The van der Waals surface area contributed by atoms with Crippen LogP contribution in [0.5, 0.6) is 0 Å². The Kier molecular flexibility index (Phi) is 2.54. The van der Waals surface area contributed by atoms with Crippen LogP contribution in [-0.2, 0) is 0 Å². The van der Waals surface area contributed by atoms with Crippen LogP contribution in [-0.4, -0.2) is 8.93 Å². The largest absolute Gasteiger partial charge is 0.410 e. The Morgan fingerprint density at radius 1 is 2.00 bits per heavy atom. The number of rotatable bonds is 0. The first-order chi connectivity index (χ1) is 2.27. The standard InChI is InChI=1S/C2H4INO/c1-2(3)4-5/h5H,1H3. The van der Waals surface area contributed by atoms with E-state index in [1.54, 1.807) is 6.92 Å². The number of halogens is 1. The highest BCUT2D eigenvalue weighted by atomic mass is 127. The van der Waals surface area contributed by atoms with Crippen LogP contribution < -0.4 is 0 Å². The molecule has 0 aromatic carbocycles. The van der Waals surface area contributed by atoms with Gasteiger partial charge < -0.3 is 5.21 Å². The lowest BCUT2D eigenvalue weighted by Gasteiger charge is -1.69. The highest BCUT2D eigenvalue weighted by molar-refractivity contribution is 14.1. The average Bonchev–Trinajstić information content (AvgIpc) is 1.38. The second-order valence-corrected chi connectivity index (χ2v) is 2.16. The summed E-state index contributed by atoms with van der Waals surface area (Å²) in [6, 6.07) is 0. The van der Waals surface area contributed by atoms with Gasteiger partial charge in [0.2, 0.25) is 0 Å². The van der Waals surface area contributed by atoms with Crippen LogP contribution in [0.15, 0.2) is 5.16 Å². The molecule has 0 atom stereocenters. The summed E-state index contributed by atoms with van der Waals surface area (Å²) in [6.45, 7) is 1.71. The molecule has 0 saturated carbocycles. The fraction of sp³-hybridized carbons (Fsp3) is 0.500. The van der Waals surface area contributed by atoms with Crippen molar-refractivity contribution in [1.82, 2.24) is 0 Å². The van der Waals surface area contributed by atoms with E-state index in [-0.39, 0.29) is 0 Å². The summed E-state index contributed by atoms with van der Waals surface area (Å²) in [5, 5.41) is 10.5. The van der Waals surface area contributed by atoms with Gasteiger partial charge in [-0.15, -0.1) is 0 Å². The van der Waals surface area contributed by atoms with Gasteiger partial charge in [0.05, 0.1) is 0 Å². The Morgan fingerprint density at radius 2 is 2.20 bits per heavy atom. The molecule has 5 heavy (non-hydrogen) atoms. The van der Waals surface area contributed by atoms with Crippen molar-refractivity contribution in [2.45, 2.75) is 6.92 Å². The molecule has 3 heteroatoms. The van der Waals surface area contributed by atoms with E-state index in [1.165, 1.54) is 0 Å². The summed E-state index contributed by atoms with van der Waals surface area (Å²) in [4.78, 5) is 0. The van der Waals surface area contributed by atoms with Crippen molar-refractivity contribution < 1.29 is 5.21 Å². The Labute approximate surface area is 44.0 Å². The van der Waals surface area contributed by atoms with Crippen molar-refractivity contribution in [3.63, 3.8) is 0 Å². The molecule has 0 aromatic rings. The van der Waals surface area contributed by atoms with Gasteiger partial charge in [0, 0.05) is 0 Å². The van der Waals surface area contributed by atoms with Crippen molar-refractivity contribution in [1.29, 1.82) is 0 Å². The third kappa shape index (κ3) is 4.20. The van der Waals surface area contributed by atoms with E-state index in [9.17, 15) is 0 Å². The van der Waals surface area contributed by atoms with Crippen molar-refractivity contribution in [2.24, 2.45) is 5.16 Å². The first-order valence-electron chi connectivity index (χ1n) is 1.11. The third-order valence-electron chi connectivity index (χ3n) is 0.138. The lowest BCUT2D eigenvalue weighted by Crippen LogP contribution is -1.67. The monoisotopic (exact) mass is 185 g/mol. The van der Waals surface area contributed by atoms with Gasteiger partial charge in [-0.05, 0) is 29.5 Å². The van der Waals surface area contributed by atoms with Crippen LogP contribution in [0.4, 0.5) is 0 Å². The van der Waals surface area contributed by atoms with Crippen LogP contribution in [0.2, 0.25) is 0 Å². The molecular weight excluding hydrogens is 181 g/mol. The van der Waals surface area contributed by atoms with Crippen molar-refractivity contribution in [2.75, 3.05) is 0 Å². The lowest BCUT2D eigenvalue weighted by molar-refractivity contribution is 0.321. The van der Waals surface area contributed by atoms with E-state index in [0.717, 1.165) is 0 Å². The summed E-state index contributed by atoms with van der Waals surface area (Å²) in [6.07, 6.45) is 0. The van der Waals surface area contributed by atoms with E-state index in [4.69, 9.17) is 5.21 Å². The number of hydrogen-bond acceptors (Lipinski definition) is 2. The summed E-state index contributed by atoms with van der Waals surface area (Å²) in [5.41, 5.74) is 0. The Bertz CT molecular complexity index is 47.6. The van der Waals surface area contributed by atoms with Gasteiger partial charge in [-0.2, -0.15) is 0 Å². The van der Waals surface area contributed by atoms with Crippen LogP contribution in [0.3, 0.4) is 0 Å². The molecular formula is C2H4INO. The molecule has 0 unspecified atom stereocenters. The molecule has 0 fully saturated rings. The number of nitrogens with zero attached hydrogens (tertiary/aromatic N) is 1. The predicted molar refractivity (Wildman–Crippen MR) is 28.9 cm³/mol. The molecule has 0 aliphatic rings. The number of hydrogen-bond donors (Lipinski definition) is 1. The molecule has 0 aromatic heterocycles. The van der Waals surface area contributed by atoms with Crippen LogP contribution in [0.25, 0.3) is 0 Å². The minimum Gasteiger partial charge on any atom is -0.410 e. The fourth-order valence-corrected chi connectivity index (χ4v) is 0. The maximum atomic E-state index is 7.72. The maximum absolute atomic E-state index is 7.72. The smallest absolute Gasteiger partial charge is 0.114 e. The van der Waals surface area contributed by atoms with Gasteiger partial charge in [-0.25, -0.2) is 0 Å². The van der Waals surface area contributed by atoms with Crippen LogP contribution in [0.1, 0.15) is 6.92 Å². The summed E-state index contributed by atoms with van der Waals surface area (Å²) in [5.74, 6) is 0. The molecule has 0 spiro atoms. The second kappa shape index (κ2) is 2.44. The Balaban J connectivity index is 3.14. The third-order valence-corrected chi connectivity index (χ3v) is 0.354. The highest BCUT2D eigenvalue weighted by Crippen LogP contribution is 1.82. The van der Waals surface area contributed by atoms with Gasteiger partial charge >= 0.3 is 0 Å². The van der Waals surface area contributed by atoms with Gasteiger partial charge in [0.25, 0.3) is 0 Å². The summed E-state index contributed by atoms with van der Waals surface area (Å²) >= 11 is 1.91. The fourth-order valence-electron chi connectivity index (χ4n) is 0. The van der Waals surface area contributed by atoms with E-state index in [1.807, 2.05) is 22.6 Å². The topological polar surface area (TPSA) is 32.6 Å². The average molecular weight is 185 g/mol. The Hall–Kier alpha value is 0.200. The van der Waals surface area contributed by atoms with Crippen molar-refractivity contribution >= 4 is 26.3 Å². The van der Waals surface area contributed by atoms with E-state index in [0.29, 0.717) is 3.72 Å². The van der Waals surface area contributed by atoms with Gasteiger partial charge in [-0.1, -0.05) is 5.16 Å². The van der Waals surface area contributed by atoms with Crippen molar-refractivity contribution in [3.05, 3.63) is 0 Å². The molecule has 0 aliphatic heterocycles. The molecule has 0 bridgehead atoms. The maximum Gasteiger partial charge on any atom is 0.114 e. The minimum atomic E-state index is 0.655. The zero-order valence-corrected chi connectivity index (χ0v) is 4.93. The molecule has 0 rings (SSSR count). The normalized spacial score (nSPS) is 12.0. The first kappa shape index (κ1) is 5.20. The quantitative estimate of drug-likeness (QED) is 0.261. The van der Waals surface area contributed by atoms with Crippen LogP contribution >= 0.6 is 22.6 Å². The molecule has 0 saturated heterocycles. The first-order valence-corrected chi connectivity index (χ1v) is 2.19. The molecule has 0 radical (unpaired) electrons. The zero-order chi connectivity index (χ0) is 4.28. The highest BCUT2D eigenvalue weighted by Gasteiger charge is 1.68.